The first kappa shape index (κ1) is 14.6. The predicted octanol–water partition coefficient (Wildman–Crippen LogP) is 2.97. The van der Waals surface area contributed by atoms with E-state index in [9.17, 15) is 0 Å². The largest absolute Gasteiger partial charge is 0.293 e. The van der Waals surface area contributed by atoms with E-state index in [1.54, 1.807) is 0 Å². The Kier molecular flexibility index (Phi) is 9.22. The maximum Gasteiger partial charge on any atom is 0.0887 e. The van der Waals surface area contributed by atoms with E-state index in [0.717, 1.165) is 17.9 Å². The topological polar surface area (TPSA) is 27.7 Å². The van der Waals surface area contributed by atoms with E-state index >= 15 is 0 Å². The van der Waals surface area contributed by atoms with Crippen LogP contribution in [0.15, 0.2) is 0 Å². The molecule has 0 aromatic rings. The maximum absolute atomic E-state index is 5.62. The molecule has 0 spiro atoms. The highest BCUT2D eigenvalue weighted by molar-refractivity contribution is 8.21. The second-order valence-corrected chi connectivity index (χ2v) is 5.24. The van der Waals surface area contributed by atoms with Crippen molar-refractivity contribution in [1.82, 2.24) is 0 Å². The molecule has 0 aromatic heterocycles. The highest BCUT2D eigenvalue weighted by atomic mass is 32.3. The van der Waals surface area contributed by atoms with Crippen LogP contribution in [-0.4, -0.2) is 31.3 Å². The van der Waals surface area contributed by atoms with Gasteiger partial charge in [-0.15, -0.1) is 0 Å². The molecule has 0 N–H and O–H groups in total. The fraction of sp³-hybridized carbons (Fsp3) is 1.00. The molecule has 0 heterocycles. The lowest BCUT2D eigenvalue weighted by atomic mass is 10.6. The van der Waals surface area contributed by atoms with Crippen LogP contribution in [0, 0.1) is 0 Å². The van der Waals surface area contributed by atoms with Crippen LogP contribution in [0.25, 0.3) is 0 Å². The number of hydrogen-bond donors (Lipinski definition) is 1. The molecule has 0 unspecified atom stereocenters. The lowest BCUT2D eigenvalue weighted by Crippen LogP contribution is -2.16. The summed E-state index contributed by atoms with van der Waals surface area (Å²) >= 11 is 4.18. The van der Waals surface area contributed by atoms with Gasteiger partial charge in [0.25, 0.3) is 0 Å². The Morgan fingerprint density at radius 2 is 1.36 bits per heavy atom. The normalized spacial score (nSPS) is 13.1. The molecule has 0 aliphatic rings. The van der Waals surface area contributed by atoms with Gasteiger partial charge in [-0.25, -0.2) is 0 Å². The molecule has 0 rings (SSSR count). The molecule has 0 saturated heterocycles. The first-order valence-electron chi connectivity index (χ1n) is 5.09. The van der Waals surface area contributed by atoms with Crippen molar-refractivity contribution in [3.8, 4) is 0 Å². The van der Waals surface area contributed by atoms with Crippen molar-refractivity contribution in [3.63, 3.8) is 0 Å². The zero-order chi connectivity index (χ0) is 10.9. The summed E-state index contributed by atoms with van der Waals surface area (Å²) < 4.78 is 16.9. The minimum absolute atomic E-state index is 0.627. The van der Waals surface area contributed by atoms with E-state index in [1.807, 2.05) is 20.8 Å². The Balaban J connectivity index is 4.21. The molecule has 0 saturated carbocycles. The molecule has 0 bridgehead atoms. The zero-order valence-electron chi connectivity index (χ0n) is 9.32. The number of thiol groups is 1. The van der Waals surface area contributed by atoms with Crippen LogP contribution in [0.3, 0.4) is 0 Å². The summed E-state index contributed by atoms with van der Waals surface area (Å²) in [5.74, 6) is 1.65. The Labute approximate surface area is 94.8 Å². The first-order valence-corrected chi connectivity index (χ1v) is 7.30. The van der Waals surface area contributed by atoms with Gasteiger partial charge in [0.05, 0.1) is 30.7 Å². The van der Waals surface area contributed by atoms with Gasteiger partial charge in [-0.2, -0.15) is 12.6 Å². The van der Waals surface area contributed by atoms with Crippen molar-refractivity contribution in [2.24, 2.45) is 0 Å². The third kappa shape index (κ3) is 5.46. The molecule has 0 fully saturated rings. The van der Waals surface area contributed by atoms with Crippen molar-refractivity contribution < 1.29 is 12.5 Å². The lowest BCUT2D eigenvalue weighted by Gasteiger charge is -2.36. The molecule has 88 valence electrons. The van der Waals surface area contributed by atoms with Gasteiger partial charge < -0.3 is 0 Å². The average molecular weight is 242 g/mol. The zero-order valence-corrected chi connectivity index (χ0v) is 11.0. The Bertz CT molecular complexity index is 116. The number of hydrogen-bond acceptors (Lipinski definition) is 4. The summed E-state index contributed by atoms with van der Waals surface area (Å²) in [6.45, 7) is 7.76. The third-order valence-electron chi connectivity index (χ3n) is 1.44. The lowest BCUT2D eigenvalue weighted by molar-refractivity contribution is 0.185. The van der Waals surface area contributed by atoms with Gasteiger partial charge >= 0.3 is 0 Å². The van der Waals surface area contributed by atoms with E-state index in [4.69, 9.17) is 12.5 Å². The van der Waals surface area contributed by atoms with Crippen LogP contribution in [-0.2, 0) is 12.5 Å². The van der Waals surface area contributed by atoms with Crippen LogP contribution in [0.4, 0.5) is 0 Å². The Hall–Kier alpha value is 0.580. The molecule has 3 nitrogen and oxygen atoms in total. The van der Waals surface area contributed by atoms with Gasteiger partial charge in [0.15, 0.2) is 0 Å². The Morgan fingerprint density at radius 1 is 0.929 bits per heavy atom. The molecule has 0 aliphatic carbocycles. The number of rotatable bonds is 9. The maximum atomic E-state index is 5.62. The van der Waals surface area contributed by atoms with Crippen LogP contribution < -0.4 is 0 Å². The second kappa shape index (κ2) is 8.85. The molecule has 14 heavy (non-hydrogen) atoms. The molecular weight excluding hydrogens is 220 g/mol. The highest BCUT2D eigenvalue weighted by Gasteiger charge is 2.25. The second-order valence-electron chi connectivity index (χ2n) is 2.56. The van der Waals surface area contributed by atoms with Gasteiger partial charge in [0, 0.05) is 5.75 Å². The van der Waals surface area contributed by atoms with Crippen molar-refractivity contribution in [2.45, 2.75) is 27.2 Å². The standard InChI is InChI=1S/C9H22O3S2/c1-4-10-14(11-5-2,12-6-3)9-7-8-13/h13H,4-9H2,1-3H3. The van der Waals surface area contributed by atoms with Crippen molar-refractivity contribution in [3.05, 3.63) is 0 Å². The minimum atomic E-state index is -1.76. The molecule has 0 aromatic carbocycles. The third-order valence-corrected chi connectivity index (χ3v) is 4.33. The van der Waals surface area contributed by atoms with Crippen molar-refractivity contribution in [2.75, 3.05) is 31.3 Å². The van der Waals surface area contributed by atoms with Gasteiger partial charge in [0.1, 0.15) is 0 Å². The summed E-state index contributed by atoms with van der Waals surface area (Å²) in [5, 5.41) is 0. The van der Waals surface area contributed by atoms with Crippen LogP contribution >= 0.6 is 23.5 Å². The summed E-state index contributed by atoms with van der Waals surface area (Å²) in [5.41, 5.74) is 0. The van der Waals surface area contributed by atoms with E-state index in [-0.39, 0.29) is 0 Å². The molecule has 0 radical (unpaired) electrons. The molecule has 0 atom stereocenters. The summed E-state index contributed by atoms with van der Waals surface area (Å²) in [7, 11) is -1.76. The summed E-state index contributed by atoms with van der Waals surface area (Å²) in [6, 6.07) is 0. The van der Waals surface area contributed by atoms with Crippen LogP contribution in [0.2, 0.25) is 0 Å². The quantitative estimate of drug-likeness (QED) is 0.630. The van der Waals surface area contributed by atoms with Gasteiger partial charge in [-0.1, -0.05) is 0 Å². The predicted molar refractivity (Wildman–Crippen MR) is 65.8 cm³/mol. The van der Waals surface area contributed by atoms with Gasteiger partial charge in [-0.05, 0) is 32.9 Å². The summed E-state index contributed by atoms with van der Waals surface area (Å²) in [6.07, 6.45) is 0.957. The van der Waals surface area contributed by atoms with Crippen molar-refractivity contribution >= 4 is 23.5 Å². The van der Waals surface area contributed by atoms with E-state index in [2.05, 4.69) is 12.6 Å². The van der Waals surface area contributed by atoms with Crippen molar-refractivity contribution in [1.29, 1.82) is 0 Å². The van der Waals surface area contributed by atoms with Crippen LogP contribution in [0.1, 0.15) is 27.2 Å². The van der Waals surface area contributed by atoms with E-state index in [0.29, 0.717) is 19.8 Å². The average Bonchev–Trinajstić information content (AvgIpc) is 2.16. The molecule has 0 amide bonds. The van der Waals surface area contributed by atoms with E-state index in [1.165, 1.54) is 0 Å². The Morgan fingerprint density at radius 3 is 1.64 bits per heavy atom. The monoisotopic (exact) mass is 242 g/mol. The smallest absolute Gasteiger partial charge is 0.0887 e. The van der Waals surface area contributed by atoms with E-state index < -0.39 is 10.9 Å². The summed E-state index contributed by atoms with van der Waals surface area (Å²) in [4.78, 5) is 0. The highest BCUT2D eigenvalue weighted by Crippen LogP contribution is 2.51. The van der Waals surface area contributed by atoms with Gasteiger partial charge in [0.2, 0.25) is 0 Å². The minimum Gasteiger partial charge on any atom is -0.293 e. The first-order chi connectivity index (χ1) is 6.74. The SMILES string of the molecule is CCOS(CCCS)(OCC)OCC. The molecule has 0 aliphatic heterocycles. The fourth-order valence-corrected chi connectivity index (χ4v) is 3.56. The molecule has 5 heteroatoms. The molecular formula is C9H22O3S2. The fourth-order valence-electron chi connectivity index (χ4n) is 1.06. The van der Waals surface area contributed by atoms with Crippen LogP contribution in [0.5, 0.6) is 0 Å². The van der Waals surface area contributed by atoms with Gasteiger partial charge in [-0.3, -0.25) is 12.5 Å².